The molecule has 100 valence electrons. The number of aliphatic hydroxyl groups is 1. The molecular weight excluding hydrogens is 236 g/mol. The van der Waals surface area contributed by atoms with Crippen LogP contribution >= 0.6 is 0 Å². The molecule has 3 heteroatoms. The van der Waals surface area contributed by atoms with Crippen molar-refractivity contribution in [3.63, 3.8) is 0 Å². The summed E-state index contributed by atoms with van der Waals surface area (Å²) < 4.78 is 0. The highest BCUT2D eigenvalue weighted by Crippen LogP contribution is 2.18. The lowest BCUT2D eigenvalue weighted by Crippen LogP contribution is -2.34. The van der Waals surface area contributed by atoms with Crippen LogP contribution in [0.5, 0.6) is 0 Å². The fraction of sp³-hybridized carbons (Fsp3) is 0.312. The normalized spacial score (nSPS) is 14.0. The van der Waals surface area contributed by atoms with E-state index in [1.807, 2.05) is 48.7 Å². The lowest BCUT2D eigenvalue weighted by molar-refractivity contribution is 0.125. The Hall–Kier alpha value is -1.71. The molecule has 0 amide bonds. The highest BCUT2D eigenvalue weighted by Gasteiger charge is 2.18. The van der Waals surface area contributed by atoms with Crippen molar-refractivity contribution in [3.05, 3.63) is 66.0 Å². The molecule has 2 unspecified atom stereocenters. The van der Waals surface area contributed by atoms with E-state index in [0.717, 1.165) is 24.1 Å². The van der Waals surface area contributed by atoms with E-state index in [0.29, 0.717) is 0 Å². The minimum absolute atomic E-state index is 0.0441. The lowest BCUT2D eigenvalue weighted by Gasteiger charge is -2.23. The Bertz CT molecular complexity index is 473. The Labute approximate surface area is 114 Å². The number of benzene rings is 1. The minimum atomic E-state index is -0.483. The van der Waals surface area contributed by atoms with E-state index >= 15 is 0 Å². The first-order chi connectivity index (χ1) is 9.31. The van der Waals surface area contributed by atoms with Gasteiger partial charge in [0.25, 0.3) is 0 Å². The molecule has 2 rings (SSSR count). The molecule has 0 aliphatic heterocycles. The van der Waals surface area contributed by atoms with Crippen molar-refractivity contribution in [3.8, 4) is 0 Å². The molecule has 1 aromatic carbocycles. The molecule has 2 aromatic rings. The molecule has 0 radical (unpaired) electrons. The van der Waals surface area contributed by atoms with Gasteiger partial charge in [-0.3, -0.25) is 4.98 Å². The molecule has 1 heterocycles. The van der Waals surface area contributed by atoms with Crippen molar-refractivity contribution < 1.29 is 5.11 Å². The van der Waals surface area contributed by atoms with Crippen LogP contribution in [0.15, 0.2) is 54.9 Å². The summed E-state index contributed by atoms with van der Waals surface area (Å²) in [6, 6.07) is 13.8. The Kier molecular flexibility index (Phi) is 5.07. The average Bonchev–Trinajstić information content (AvgIpc) is 2.49. The van der Waals surface area contributed by atoms with E-state index in [9.17, 15) is 5.11 Å². The summed E-state index contributed by atoms with van der Waals surface area (Å²) in [5.74, 6) is 0. The molecule has 0 bridgehead atoms. The maximum atomic E-state index is 10.4. The van der Waals surface area contributed by atoms with E-state index in [1.54, 1.807) is 6.20 Å². The first kappa shape index (κ1) is 13.7. The van der Waals surface area contributed by atoms with Crippen LogP contribution in [-0.2, 0) is 6.54 Å². The summed E-state index contributed by atoms with van der Waals surface area (Å²) in [7, 11) is 0. The maximum absolute atomic E-state index is 10.4. The summed E-state index contributed by atoms with van der Waals surface area (Å²) in [5, 5.41) is 13.8. The second-order valence-electron chi connectivity index (χ2n) is 4.61. The number of pyridine rings is 1. The zero-order valence-electron chi connectivity index (χ0n) is 11.2. The monoisotopic (exact) mass is 256 g/mol. The third-order valence-corrected chi connectivity index (χ3v) is 3.25. The van der Waals surface area contributed by atoms with Gasteiger partial charge >= 0.3 is 0 Å². The number of aromatic nitrogens is 1. The van der Waals surface area contributed by atoms with Crippen molar-refractivity contribution >= 4 is 0 Å². The second-order valence-corrected chi connectivity index (χ2v) is 4.61. The molecule has 2 atom stereocenters. The fourth-order valence-electron chi connectivity index (χ4n) is 2.11. The van der Waals surface area contributed by atoms with Crippen molar-refractivity contribution in [2.45, 2.75) is 32.0 Å². The van der Waals surface area contributed by atoms with Gasteiger partial charge in [-0.1, -0.05) is 43.3 Å². The Morgan fingerprint density at radius 2 is 1.95 bits per heavy atom. The first-order valence-corrected chi connectivity index (χ1v) is 6.66. The van der Waals surface area contributed by atoms with E-state index in [-0.39, 0.29) is 6.04 Å². The summed E-state index contributed by atoms with van der Waals surface area (Å²) in [5.41, 5.74) is 2.08. The molecule has 1 aromatic heterocycles. The van der Waals surface area contributed by atoms with Crippen LogP contribution in [0.3, 0.4) is 0 Å². The van der Waals surface area contributed by atoms with E-state index in [1.165, 1.54) is 0 Å². The molecule has 0 aliphatic carbocycles. The van der Waals surface area contributed by atoms with Gasteiger partial charge in [-0.25, -0.2) is 0 Å². The third-order valence-electron chi connectivity index (χ3n) is 3.25. The Morgan fingerprint density at radius 1 is 1.16 bits per heavy atom. The van der Waals surface area contributed by atoms with Crippen LogP contribution in [0.1, 0.15) is 30.6 Å². The summed E-state index contributed by atoms with van der Waals surface area (Å²) >= 11 is 0. The molecule has 0 fully saturated rings. The zero-order chi connectivity index (χ0) is 13.5. The molecule has 3 nitrogen and oxygen atoms in total. The molecule has 19 heavy (non-hydrogen) atoms. The summed E-state index contributed by atoms with van der Waals surface area (Å²) in [6.45, 7) is 2.79. The molecule has 0 saturated heterocycles. The topological polar surface area (TPSA) is 45.2 Å². The third kappa shape index (κ3) is 3.88. The van der Waals surface area contributed by atoms with Gasteiger partial charge in [-0.05, 0) is 23.6 Å². The van der Waals surface area contributed by atoms with E-state index in [4.69, 9.17) is 0 Å². The molecule has 0 aliphatic rings. The Balaban J connectivity index is 1.97. The molecular formula is C16H20N2O. The predicted octanol–water partition coefficient (Wildman–Crippen LogP) is 2.68. The molecule has 2 N–H and O–H groups in total. The van der Waals surface area contributed by atoms with Gasteiger partial charge < -0.3 is 10.4 Å². The van der Waals surface area contributed by atoms with Gasteiger partial charge in [0, 0.05) is 25.0 Å². The second kappa shape index (κ2) is 7.02. The molecule has 0 spiro atoms. The molecule has 0 saturated carbocycles. The fourth-order valence-corrected chi connectivity index (χ4v) is 2.11. The number of nitrogens with one attached hydrogen (secondary N) is 1. The number of hydrogen-bond acceptors (Lipinski definition) is 3. The van der Waals surface area contributed by atoms with Gasteiger partial charge in [0.1, 0.15) is 0 Å². The van der Waals surface area contributed by atoms with Crippen molar-refractivity contribution in [1.29, 1.82) is 0 Å². The van der Waals surface area contributed by atoms with Crippen molar-refractivity contribution in [1.82, 2.24) is 10.3 Å². The summed E-state index contributed by atoms with van der Waals surface area (Å²) in [4.78, 5) is 4.09. The van der Waals surface area contributed by atoms with Gasteiger partial charge in [0.15, 0.2) is 0 Å². The van der Waals surface area contributed by atoms with Gasteiger partial charge in [0.05, 0.1) is 6.10 Å². The van der Waals surface area contributed by atoms with Crippen LogP contribution in [0.2, 0.25) is 0 Å². The van der Waals surface area contributed by atoms with Crippen LogP contribution < -0.4 is 5.32 Å². The number of nitrogens with zero attached hydrogens (tertiary/aromatic N) is 1. The lowest BCUT2D eigenvalue weighted by atomic mass is 10.00. The Morgan fingerprint density at radius 3 is 2.58 bits per heavy atom. The minimum Gasteiger partial charge on any atom is -0.387 e. The highest BCUT2D eigenvalue weighted by molar-refractivity contribution is 5.19. The number of hydrogen-bond donors (Lipinski definition) is 2. The smallest absolute Gasteiger partial charge is 0.0942 e. The largest absolute Gasteiger partial charge is 0.387 e. The average molecular weight is 256 g/mol. The van der Waals surface area contributed by atoms with Crippen LogP contribution in [0.25, 0.3) is 0 Å². The van der Waals surface area contributed by atoms with Gasteiger partial charge in [0.2, 0.25) is 0 Å². The van der Waals surface area contributed by atoms with Crippen molar-refractivity contribution in [2.75, 3.05) is 0 Å². The first-order valence-electron chi connectivity index (χ1n) is 6.66. The quantitative estimate of drug-likeness (QED) is 0.835. The van der Waals surface area contributed by atoms with Crippen LogP contribution in [0, 0.1) is 0 Å². The van der Waals surface area contributed by atoms with Gasteiger partial charge in [-0.15, -0.1) is 0 Å². The van der Waals surface area contributed by atoms with Gasteiger partial charge in [-0.2, -0.15) is 0 Å². The number of aliphatic hydroxyl groups excluding tert-OH is 1. The van der Waals surface area contributed by atoms with E-state index in [2.05, 4.69) is 17.2 Å². The number of rotatable bonds is 6. The summed E-state index contributed by atoms with van der Waals surface area (Å²) in [6.07, 6.45) is 3.99. The van der Waals surface area contributed by atoms with Crippen LogP contribution in [0.4, 0.5) is 0 Å². The maximum Gasteiger partial charge on any atom is 0.0942 e. The standard InChI is InChI=1S/C16H20N2O/c1-2-15(16(19)14-8-4-3-5-9-14)18-12-13-7-6-10-17-11-13/h3-11,15-16,18-19H,2,12H2,1H3. The SMILES string of the molecule is CCC(NCc1cccnc1)C(O)c1ccccc1. The predicted molar refractivity (Wildman–Crippen MR) is 76.6 cm³/mol. The van der Waals surface area contributed by atoms with E-state index < -0.39 is 6.10 Å². The van der Waals surface area contributed by atoms with Crippen molar-refractivity contribution in [2.24, 2.45) is 0 Å². The zero-order valence-corrected chi connectivity index (χ0v) is 11.2. The highest BCUT2D eigenvalue weighted by atomic mass is 16.3. The van der Waals surface area contributed by atoms with Crippen LogP contribution in [-0.4, -0.2) is 16.1 Å².